The number of rotatable bonds is 6. The van der Waals surface area contributed by atoms with Gasteiger partial charge in [-0.1, -0.05) is 11.6 Å². The second-order valence-electron chi connectivity index (χ2n) is 4.39. The molecule has 1 unspecified atom stereocenters. The molecule has 0 fully saturated rings. The molecule has 0 saturated heterocycles. The third kappa shape index (κ3) is 5.11. The van der Waals surface area contributed by atoms with Crippen LogP contribution in [0.3, 0.4) is 0 Å². The van der Waals surface area contributed by atoms with Gasteiger partial charge in [-0.2, -0.15) is 8.78 Å². The van der Waals surface area contributed by atoms with E-state index >= 15 is 0 Å². The van der Waals surface area contributed by atoms with Gasteiger partial charge in [-0.3, -0.25) is 0 Å². The minimum atomic E-state index is -2.99. The number of aliphatic hydroxyl groups excluding tert-OH is 1. The summed E-state index contributed by atoms with van der Waals surface area (Å²) < 4.78 is 33.4. The van der Waals surface area contributed by atoms with E-state index in [2.05, 4.69) is 15.4 Å². The second kappa shape index (κ2) is 7.80. The van der Waals surface area contributed by atoms with Crippen molar-refractivity contribution >= 4 is 23.3 Å². The van der Waals surface area contributed by atoms with E-state index in [1.165, 1.54) is 24.5 Å². The molecule has 2 rings (SSSR count). The maximum absolute atomic E-state index is 12.1. The van der Waals surface area contributed by atoms with Crippen LogP contribution in [0.25, 0.3) is 0 Å². The molecule has 0 spiro atoms. The number of alkyl halides is 2. The fraction of sp³-hybridized carbons (Fsp3) is 0.214. The predicted molar refractivity (Wildman–Crippen MR) is 78.8 cm³/mol. The number of carbonyl (C=O) groups excluding carboxylic acids is 1. The molecular weight excluding hydrogens is 334 g/mol. The van der Waals surface area contributed by atoms with Crippen molar-refractivity contribution in [3.8, 4) is 5.75 Å². The van der Waals surface area contributed by atoms with Crippen LogP contribution in [0.15, 0.2) is 41.0 Å². The van der Waals surface area contributed by atoms with Gasteiger partial charge >= 0.3 is 12.6 Å². The first-order chi connectivity index (χ1) is 11.0. The highest BCUT2D eigenvalue weighted by Crippen LogP contribution is 2.28. The lowest BCUT2D eigenvalue weighted by molar-refractivity contribution is -0.0497. The van der Waals surface area contributed by atoms with Gasteiger partial charge in [0.05, 0.1) is 17.8 Å². The molecule has 0 aliphatic carbocycles. The predicted octanol–water partition coefficient (Wildman–Crippen LogP) is 3.39. The van der Waals surface area contributed by atoms with Crippen LogP contribution in [-0.4, -0.2) is 24.3 Å². The fourth-order valence-corrected chi connectivity index (χ4v) is 1.94. The third-order valence-corrected chi connectivity index (χ3v) is 3.03. The van der Waals surface area contributed by atoms with Crippen LogP contribution in [0.1, 0.15) is 11.9 Å². The molecule has 1 atom stereocenters. The van der Waals surface area contributed by atoms with Gasteiger partial charge in [0.2, 0.25) is 0 Å². The van der Waals surface area contributed by atoms with E-state index in [0.29, 0.717) is 5.76 Å². The number of carbonyl (C=O) groups is 1. The lowest BCUT2D eigenvalue weighted by Crippen LogP contribution is -2.32. The quantitative estimate of drug-likeness (QED) is 0.748. The summed E-state index contributed by atoms with van der Waals surface area (Å²) in [5, 5.41) is 14.5. The number of anilines is 1. The van der Waals surface area contributed by atoms with Crippen LogP contribution < -0.4 is 15.4 Å². The van der Waals surface area contributed by atoms with Crippen LogP contribution in [0, 0.1) is 0 Å². The Labute approximate surface area is 135 Å². The summed E-state index contributed by atoms with van der Waals surface area (Å²) in [6.07, 6.45) is 0.421. The number of benzene rings is 1. The molecular formula is C14H13ClF2N2O4. The Morgan fingerprint density at radius 1 is 1.39 bits per heavy atom. The lowest BCUT2D eigenvalue weighted by Gasteiger charge is -2.12. The van der Waals surface area contributed by atoms with Crippen molar-refractivity contribution < 1.29 is 27.8 Å². The number of hydrogen-bond acceptors (Lipinski definition) is 4. The molecule has 0 radical (unpaired) electrons. The highest BCUT2D eigenvalue weighted by Gasteiger charge is 2.13. The van der Waals surface area contributed by atoms with Crippen LogP contribution in [0.5, 0.6) is 5.75 Å². The summed E-state index contributed by atoms with van der Waals surface area (Å²) in [5.74, 6) is 0.128. The largest absolute Gasteiger partial charge is 0.467 e. The molecule has 6 nitrogen and oxygen atoms in total. The van der Waals surface area contributed by atoms with Gasteiger partial charge in [-0.05, 0) is 30.3 Å². The minimum absolute atomic E-state index is 0.0698. The topological polar surface area (TPSA) is 83.7 Å². The third-order valence-electron chi connectivity index (χ3n) is 2.73. The monoisotopic (exact) mass is 346 g/mol. The van der Waals surface area contributed by atoms with Gasteiger partial charge in [0, 0.05) is 5.69 Å². The van der Waals surface area contributed by atoms with Gasteiger partial charge in [-0.25, -0.2) is 4.79 Å². The number of ether oxygens (including phenoxy) is 1. The van der Waals surface area contributed by atoms with E-state index in [-0.39, 0.29) is 23.0 Å². The first kappa shape index (κ1) is 17.0. The van der Waals surface area contributed by atoms with Crippen molar-refractivity contribution in [2.24, 2.45) is 0 Å². The minimum Gasteiger partial charge on any atom is -0.467 e. The summed E-state index contributed by atoms with van der Waals surface area (Å²) >= 11 is 5.77. The van der Waals surface area contributed by atoms with Crippen LogP contribution >= 0.6 is 11.6 Å². The maximum atomic E-state index is 12.1. The molecule has 1 heterocycles. The molecule has 1 aromatic heterocycles. The molecule has 3 N–H and O–H groups in total. The number of amides is 2. The fourth-order valence-electron chi connectivity index (χ4n) is 1.72. The van der Waals surface area contributed by atoms with Gasteiger partial charge in [0.15, 0.2) is 0 Å². The van der Waals surface area contributed by atoms with Gasteiger partial charge in [0.25, 0.3) is 0 Å². The van der Waals surface area contributed by atoms with E-state index in [1.54, 1.807) is 12.1 Å². The van der Waals surface area contributed by atoms with Gasteiger partial charge < -0.3 is 24.9 Å². The summed E-state index contributed by atoms with van der Waals surface area (Å²) in [4.78, 5) is 11.7. The van der Waals surface area contributed by atoms with Crippen molar-refractivity contribution in [2.45, 2.75) is 12.7 Å². The molecule has 9 heteroatoms. The average molecular weight is 347 g/mol. The van der Waals surface area contributed by atoms with Crippen molar-refractivity contribution in [2.75, 3.05) is 11.9 Å². The molecule has 124 valence electrons. The Morgan fingerprint density at radius 2 is 2.17 bits per heavy atom. The Balaban J connectivity index is 1.86. The molecule has 2 aromatic rings. The van der Waals surface area contributed by atoms with E-state index in [0.717, 1.165) is 0 Å². The summed E-state index contributed by atoms with van der Waals surface area (Å²) in [6.45, 7) is -3.06. The summed E-state index contributed by atoms with van der Waals surface area (Å²) in [5.41, 5.74) is 0.279. The summed E-state index contributed by atoms with van der Waals surface area (Å²) in [7, 11) is 0. The zero-order chi connectivity index (χ0) is 16.8. The Bertz CT molecular complexity index is 652. The molecule has 23 heavy (non-hydrogen) atoms. The van der Waals surface area contributed by atoms with Crippen molar-refractivity contribution in [1.29, 1.82) is 0 Å². The first-order valence-corrected chi connectivity index (χ1v) is 6.84. The smallest absolute Gasteiger partial charge is 0.387 e. The van der Waals surface area contributed by atoms with Crippen LogP contribution in [-0.2, 0) is 0 Å². The van der Waals surface area contributed by atoms with Crippen molar-refractivity contribution in [3.05, 3.63) is 47.4 Å². The van der Waals surface area contributed by atoms with E-state index in [4.69, 9.17) is 16.0 Å². The van der Waals surface area contributed by atoms with E-state index in [1.807, 2.05) is 0 Å². The second-order valence-corrected chi connectivity index (χ2v) is 4.80. The Kier molecular flexibility index (Phi) is 5.78. The highest BCUT2D eigenvalue weighted by molar-refractivity contribution is 6.32. The molecule has 0 saturated carbocycles. The lowest BCUT2D eigenvalue weighted by atomic mass is 10.3. The van der Waals surface area contributed by atoms with Gasteiger partial charge in [0.1, 0.15) is 17.6 Å². The standard InChI is InChI=1S/C14H13ClF2N2O4/c15-9-6-8(3-4-11(9)23-13(16)17)19-14(21)18-7-10(20)12-2-1-5-22-12/h1-6,10,13,20H,7H2,(H2,18,19,21). The zero-order valence-electron chi connectivity index (χ0n) is 11.6. The number of hydrogen-bond donors (Lipinski definition) is 3. The SMILES string of the molecule is O=C(NCC(O)c1ccco1)Nc1ccc(OC(F)F)c(Cl)c1. The van der Waals surface area contributed by atoms with Crippen molar-refractivity contribution in [1.82, 2.24) is 5.32 Å². The normalized spacial score (nSPS) is 12.0. The number of nitrogens with one attached hydrogen (secondary N) is 2. The summed E-state index contributed by atoms with van der Waals surface area (Å²) in [6, 6.07) is 6.42. The number of halogens is 3. The van der Waals surface area contributed by atoms with Crippen LogP contribution in [0.4, 0.5) is 19.3 Å². The highest BCUT2D eigenvalue weighted by atomic mass is 35.5. The van der Waals surface area contributed by atoms with Crippen LogP contribution in [0.2, 0.25) is 5.02 Å². The number of furan rings is 1. The van der Waals surface area contributed by atoms with Crippen molar-refractivity contribution in [3.63, 3.8) is 0 Å². The zero-order valence-corrected chi connectivity index (χ0v) is 12.4. The molecule has 1 aromatic carbocycles. The number of urea groups is 1. The molecule has 0 aliphatic rings. The average Bonchev–Trinajstić information content (AvgIpc) is 3.01. The number of aliphatic hydroxyl groups is 1. The first-order valence-electron chi connectivity index (χ1n) is 6.46. The van der Waals surface area contributed by atoms with E-state index in [9.17, 15) is 18.7 Å². The Hall–Kier alpha value is -2.32. The maximum Gasteiger partial charge on any atom is 0.387 e. The Morgan fingerprint density at radius 3 is 2.78 bits per heavy atom. The molecule has 0 bridgehead atoms. The molecule has 0 aliphatic heterocycles. The van der Waals surface area contributed by atoms with Gasteiger partial charge in [-0.15, -0.1) is 0 Å². The van der Waals surface area contributed by atoms with E-state index < -0.39 is 18.7 Å². The molecule has 2 amide bonds.